The first kappa shape index (κ1) is 22.3. The summed E-state index contributed by atoms with van der Waals surface area (Å²) in [6, 6.07) is 7.02. The minimum atomic E-state index is -3.67. The number of ether oxygens (including phenoxy) is 1. The molecule has 2 aromatic rings. The van der Waals surface area contributed by atoms with Crippen LogP contribution in [0.3, 0.4) is 0 Å². The van der Waals surface area contributed by atoms with Crippen LogP contribution in [0.25, 0.3) is 0 Å². The predicted octanol–water partition coefficient (Wildman–Crippen LogP) is 1.45. The van der Waals surface area contributed by atoms with E-state index in [2.05, 4.69) is 5.32 Å². The molecule has 1 N–H and O–H groups in total. The second-order valence-electron chi connectivity index (χ2n) is 6.14. The third-order valence-electron chi connectivity index (χ3n) is 4.20. The van der Waals surface area contributed by atoms with Gasteiger partial charge in [-0.05, 0) is 24.6 Å². The van der Waals surface area contributed by atoms with Crippen LogP contribution in [-0.2, 0) is 19.6 Å². The first-order valence-corrected chi connectivity index (χ1v) is 10.4. The summed E-state index contributed by atoms with van der Waals surface area (Å²) in [6.45, 7) is 5.31. The molecule has 0 fully saturated rings. The molecular formula is C19H23N3O6S. The van der Waals surface area contributed by atoms with Gasteiger partial charge in [-0.15, -0.1) is 0 Å². The number of aryl methyl sites for hydroxylation is 1. The van der Waals surface area contributed by atoms with Crippen LogP contribution in [0.5, 0.6) is 0 Å². The quantitative estimate of drug-likeness (QED) is 0.391. The van der Waals surface area contributed by atoms with Crippen LogP contribution in [0.4, 0.5) is 5.69 Å². The van der Waals surface area contributed by atoms with Gasteiger partial charge in [0, 0.05) is 30.9 Å². The Morgan fingerprint density at radius 2 is 1.76 bits per heavy atom. The van der Waals surface area contributed by atoms with Gasteiger partial charge in [-0.1, -0.05) is 19.9 Å². The number of anilines is 1. The fourth-order valence-corrected chi connectivity index (χ4v) is 4.04. The van der Waals surface area contributed by atoms with E-state index in [4.69, 9.17) is 4.74 Å². The van der Waals surface area contributed by atoms with E-state index < -0.39 is 28.5 Å². The van der Waals surface area contributed by atoms with Gasteiger partial charge in [0.2, 0.25) is 10.0 Å². The Kier molecular flexibility index (Phi) is 7.29. The molecule has 0 aliphatic carbocycles. The van der Waals surface area contributed by atoms with Crippen molar-refractivity contribution in [1.82, 2.24) is 4.31 Å². The molecule has 29 heavy (non-hydrogen) atoms. The molecule has 2 rings (SSSR count). The van der Waals surface area contributed by atoms with Gasteiger partial charge in [0.1, 0.15) is 0 Å². The summed E-state index contributed by atoms with van der Waals surface area (Å²) in [6.07, 6.45) is 2.28. The van der Waals surface area contributed by atoms with Gasteiger partial charge in [0.25, 0.3) is 5.91 Å². The first-order chi connectivity index (χ1) is 13.7. The van der Waals surface area contributed by atoms with Crippen molar-refractivity contribution in [1.29, 1.82) is 0 Å². The van der Waals surface area contributed by atoms with Crippen LogP contribution in [0.2, 0.25) is 0 Å². The van der Waals surface area contributed by atoms with Gasteiger partial charge in [-0.2, -0.15) is 9.04 Å². The Hall–Kier alpha value is -2.98. The summed E-state index contributed by atoms with van der Waals surface area (Å²) in [5, 5.41) is 13.5. The van der Waals surface area contributed by atoms with Crippen LogP contribution < -0.4 is 10.0 Å². The van der Waals surface area contributed by atoms with Crippen molar-refractivity contribution in [2.45, 2.75) is 25.7 Å². The lowest BCUT2D eigenvalue weighted by molar-refractivity contribution is -0.605. The molecule has 156 valence electrons. The third-order valence-corrected chi connectivity index (χ3v) is 6.24. The maximum atomic E-state index is 12.7. The zero-order chi connectivity index (χ0) is 21.6. The van der Waals surface area contributed by atoms with Gasteiger partial charge in [0.05, 0.1) is 10.5 Å². The second-order valence-corrected chi connectivity index (χ2v) is 8.08. The lowest BCUT2D eigenvalue weighted by Crippen LogP contribution is -2.30. The lowest BCUT2D eigenvalue weighted by Gasteiger charge is -2.19. The number of nitrogens with one attached hydrogen (secondary N) is 1. The van der Waals surface area contributed by atoms with Crippen molar-refractivity contribution in [2.24, 2.45) is 0 Å². The number of carbonyl (C=O) groups is 2. The number of sulfonamides is 1. The third kappa shape index (κ3) is 5.52. The van der Waals surface area contributed by atoms with Crippen molar-refractivity contribution in [2.75, 3.05) is 25.0 Å². The van der Waals surface area contributed by atoms with E-state index in [1.54, 1.807) is 26.8 Å². The van der Waals surface area contributed by atoms with Crippen molar-refractivity contribution < 1.29 is 27.5 Å². The maximum Gasteiger partial charge on any atom is 0.339 e. The van der Waals surface area contributed by atoms with Gasteiger partial charge in [-0.25, -0.2) is 13.2 Å². The predicted molar refractivity (Wildman–Crippen MR) is 106 cm³/mol. The topological polar surface area (TPSA) is 120 Å². The summed E-state index contributed by atoms with van der Waals surface area (Å²) < 4.78 is 32.1. The molecule has 0 aliphatic rings. The average Bonchev–Trinajstić information content (AvgIpc) is 2.69. The Balaban J connectivity index is 2.08. The zero-order valence-corrected chi connectivity index (χ0v) is 17.2. The molecule has 0 atom stereocenters. The molecule has 0 unspecified atom stereocenters. The minimum absolute atomic E-state index is 0.0642. The molecule has 1 aromatic heterocycles. The summed E-state index contributed by atoms with van der Waals surface area (Å²) in [5.74, 6) is -1.37. The van der Waals surface area contributed by atoms with Gasteiger partial charge < -0.3 is 15.3 Å². The van der Waals surface area contributed by atoms with E-state index in [0.717, 1.165) is 12.4 Å². The normalized spacial score (nSPS) is 11.3. The SMILES string of the molecule is CCN(CC)S(=O)(=O)c1ccc(C)c(NC(=O)COC(=O)c2cc[n+]([O-])cc2)c1. The number of carbonyl (C=O) groups excluding carboxylic acids is 2. The summed E-state index contributed by atoms with van der Waals surface area (Å²) in [4.78, 5) is 24.1. The number of esters is 1. The molecule has 0 bridgehead atoms. The molecule has 0 aliphatic heterocycles. The van der Waals surface area contributed by atoms with E-state index in [-0.39, 0.29) is 10.5 Å². The lowest BCUT2D eigenvalue weighted by atomic mass is 10.2. The number of aromatic nitrogens is 1. The number of pyridine rings is 1. The molecule has 0 saturated heterocycles. The highest BCUT2D eigenvalue weighted by atomic mass is 32.2. The molecule has 0 saturated carbocycles. The molecule has 0 spiro atoms. The second kappa shape index (κ2) is 9.48. The van der Waals surface area contributed by atoms with Crippen molar-refractivity contribution >= 4 is 27.6 Å². The van der Waals surface area contributed by atoms with E-state index in [9.17, 15) is 23.2 Å². The Morgan fingerprint density at radius 1 is 1.14 bits per heavy atom. The number of nitrogens with zero attached hydrogens (tertiary/aromatic N) is 2. The summed E-state index contributed by atoms with van der Waals surface area (Å²) >= 11 is 0. The number of amides is 1. The molecule has 1 aromatic carbocycles. The monoisotopic (exact) mass is 421 g/mol. The smallest absolute Gasteiger partial charge is 0.339 e. The van der Waals surface area contributed by atoms with E-state index in [1.807, 2.05) is 0 Å². The van der Waals surface area contributed by atoms with Gasteiger partial charge in [0.15, 0.2) is 19.0 Å². The van der Waals surface area contributed by atoms with E-state index in [0.29, 0.717) is 29.1 Å². The number of benzene rings is 1. The highest BCUT2D eigenvalue weighted by molar-refractivity contribution is 7.89. The molecule has 1 heterocycles. The summed E-state index contributed by atoms with van der Waals surface area (Å²) in [7, 11) is -3.67. The van der Waals surface area contributed by atoms with Crippen LogP contribution in [0.1, 0.15) is 29.8 Å². The number of hydrogen-bond donors (Lipinski definition) is 1. The molecule has 0 radical (unpaired) electrons. The molecule has 9 nitrogen and oxygen atoms in total. The van der Waals surface area contributed by atoms with Crippen LogP contribution in [0.15, 0.2) is 47.6 Å². The van der Waals surface area contributed by atoms with E-state index in [1.165, 1.54) is 28.6 Å². The fourth-order valence-electron chi connectivity index (χ4n) is 2.56. The van der Waals surface area contributed by atoms with Crippen LogP contribution >= 0.6 is 0 Å². The molecule has 1 amide bonds. The Morgan fingerprint density at radius 3 is 2.34 bits per heavy atom. The Labute approximate surface area is 169 Å². The number of hydrogen-bond acceptors (Lipinski definition) is 6. The minimum Gasteiger partial charge on any atom is -0.619 e. The standard InChI is InChI=1S/C19H23N3O6S/c1-4-22(5-2)29(26,27)16-7-6-14(3)17(12-16)20-18(23)13-28-19(24)15-8-10-21(25)11-9-15/h6-12H,4-5,13H2,1-3H3,(H,20,23). The maximum absolute atomic E-state index is 12.7. The molecule has 10 heteroatoms. The van der Waals surface area contributed by atoms with Crippen molar-refractivity contribution in [3.05, 3.63) is 59.1 Å². The highest BCUT2D eigenvalue weighted by Gasteiger charge is 2.22. The highest BCUT2D eigenvalue weighted by Crippen LogP contribution is 2.23. The van der Waals surface area contributed by atoms with Crippen LogP contribution in [0, 0.1) is 12.1 Å². The summed E-state index contributed by atoms with van der Waals surface area (Å²) in [5.41, 5.74) is 1.10. The first-order valence-electron chi connectivity index (χ1n) is 8.95. The van der Waals surface area contributed by atoms with Crippen LogP contribution in [-0.4, -0.2) is 44.3 Å². The zero-order valence-electron chi connectivity index (χ0n) is 16.4. The average molecular weight is 421 g/mol. The Bertz CT molecular complexity index is 986. The largest absolute Gasteiger partial charge is 0.619 e. The number of rotatable bonds is 8. The molecular weight excluding hydrogens is 398 g/mol. The van der Waals surface area contributed by atoms with Crippen molar-refractivity contribution in [3.63, 3.8) is 0 Å². The fraction of sp³-hybridized carbons (Fsp3) is 0.316. The van der Waals surface area contributed by atoms with E-state index >= 15 is 0 Å². The van der Waals surface area contributed by atoms with Crippen molar-refractivity contribution in [3.8, 4) is 0 Å². The van der Waals surface area contributed by atoms with Gasteiger partial charge >= 0.3 is 5.97 Å². The van der Waals surface area contributed by atoms with Gasteiger partial charge in [-0.3, -0.25) is 4.79 Å².